The molecular weight excluding hydrogens is 381 g/mol. The van der Waals surface area contributed by atoms with Crippen molar-refractivity contribution in [2.45, 2.75) is 26.4 Å². The highest BCUT2D eigenvalue weighted by Gasteiger charge is 2.18. The average molecular weight is 401 g/mol. The van der Waals surface area contributed by atoms with E-state index in [2.05, 4.69) is 15.3 Å². The molecule has 1 N–H and O–H groups in total. The summed E-state index contributed by atoms with van der Waals surface area (Å²) in [6.45, 7) is 2.98. The Balaban J connectivity index is 1.57. The lowest BCUT2D eigenvalue weighted by atomic mass is 10.2. The third kappa shape index (κ3) is 5.23. The van der Waals surface area contributed by atoms with Gasteiger partial charge in [-0.1, -0.05) is 23.5 Å². The van der Waals surface area contributed by atoms with Crippen molar-refractivity contribution >= 4 is 28.3 Å². The zero-order valence-corrected chi connectivity index (χ0v) is 16.2. The van der Waals surface area contributed by atoms with Crippen LogP contribution in [0.5, 0.6) is 0 Å². The highest BCUT2D eigenvalue weighted by Crippen LogP contribution is 2.24. The van der Waals surface area contributed by atoms with Crippen LogP contribution in [-0.4, -0.2) is 32.9 Å². The van der Waals surface area contributed by atoms with Gasteiger partial charge in [0.1, 0.15) is 10.7 Å². The van der Waals surface area contributed by atoms with Gasteiger partial charge in [0, 0.05) is 32.4 Å². The molecule has 0 spiro atoms. The molecule has 7 nitrogen and oxygen atoms in total. The number of thiazole rings is 1. The van der Waals surface area contributed by atoms with Crippen LogP contribution in [0.25, 0.3) is 0 Å². The number of carbonyl (C=O) groups excluding carboxylic acids is 2. The van der Waals surface area contributed by atoms with Crippen LogP contribution in [0.1, 0.15) is 28.6 Å². The number of halogens is 1. The smallest absolute Gasteiger partial charge is 0.263 e. The van der Waals surface area contributed by atoms with E-state index in [4.69, 9.17) is 0 Å². The van der Waals surface area contributed by atoms with Crippen molar-refractivity contribution in [2.75, 3.05) is 11.4 Å². The van der Waals surface area contributed by atoms with Crippen LogP contribution >= 0.6 is 11.3 Å². The molecule has 9 heteroatoms. The number of amides is 2. The Labute approximate surface area is 165 Å². The third-order valence-corrected chi connectivity index (χ3v) is 5.04. The van der Waals surface area contributed by atoms with Gasteiger partial charge < -0.3 is 9.88 Å². The fourth-order valence-corrected chi connectivity index (χ4v) is 3.43. The van der Waals surface area contributed by atoms with E-state index in [-0.39, 0.29) is 24.2 Å². The number of nitrogens with one attached hydrogen (secondary N) is 1. The molecular formula is C19H20FN5O2S. The van der Waals surface area contributed by atoms with Gasteiger partial charge in [-0.05, 0) is 24.1 Å². The lowest BCUT2D eigenvalue weighted by molar-refractivity contribution is -0.116. The second kappa shape index (κ2) is 9.23. The highest BCUT2D eigenvalue weighted by atomic mass is 32.1. The van der Waals surface area contributed by atoms with Crippen molar-refractivity contribution in [3.05, 3.63) is 65.4 Å². The number of aryl methyl sites for hydroxylation is 1. The molecule has 0 aliphatic heterocycles. The number of aromatic nitrogens is 3. The van der Waals surface area contributed by atoms with E-state index in [0.717, 1.165) is 29.9 Å². The summed E-state index contributed by atoms with van der Waals surface area (Å²) in [5.41, 5.74) is 0.775. The minimum absolute atomic E-state index is 0.203. The molecule has 146 valence electrons. The van der Waals surface area contributed by atoms with Crippen molar-refractivity contribution in [1.82, 2.24) is 19.9 Å². The summed E-state index contributed by atoms with van der Waals surface area (Å²) < 4.78 is 15.0. The Morgan fingerprint density at radius 2 is 2.07 bits per heavy atom. The number of hydrogen-bond acceptors (Lipinski definition) is 5. The first-order chi connectivity index (χ1) is 13.5. The Bertz CT molecular complexity index is 924. The van der Waals surface area contributed by atoms with Crippen molar-refractivity contribution in [3.8, 4) is 0 Å². The number of carbonyl (C=O) groups is 2. The molecule has 0 bridgehead atoms. The molecule has 0 saturated carbocycles. The maximum atomic E-state index is 13.1. The van der Waals surface area contributed by atoms with Crippen molar-refractivity contribution < 1.29 is 14.0 Å². The summed E-state index contributed by atoms with van der Waals surface area (Å²) in [6, 6.07) is 5.93. The minimum atomic E-state index is -0.334. The largest absolute Gasteiger partial charge is 0.351 e. The Morgan fingerprint density at radius 1 is 1.29 bits per heavy atom. The monoisotopic (exact) mass is 401 g/mol. The van der Waals surface area contributed by atoms with Crippen LogP contribution in [0.3, 0.4) is 0 Å². The second-order valence-electron chi connectivity index (χ2n) is 6.15. The minimum Gasteiger partial charge on any atom is -0.351 e. The fraction of sp³-hybridized carbons (Fsp3) is 0.263. The summed E-state index contributed by atoms with van der Waals surface area (Å²) in [6.07, 6.45) is 7.55. The number of benzene rings is 1. The molecule has 0 atom stereocenters. The maximum Gasteiger partial charge on any atom is 0.263 e. The molecule has 28 heavy (non-hydrogen) atoms. The molecule has 2 amide bonds. The van der Waals surface area contributed by atoms with Crippen LogP contribution < -0.4 is 10.2 Å². The number of anilines is 1. The molecule has 1 aromatic carbocycles. The topological polar surface area (TPSA) is 80.1 Å². The summed E-state index contributed by atoms with van der Waals surface area (Å²) in [4.78, 5) is 34.4. The number of hydrogen-bond donors (Lipinski definition) is 1. The molecule has 0 saturated heterocycles. The molecule has 3 aromatic rings. The van der Waals surface area contributed by atoms with E-state index in [1.54, 1.807) is 24.7 Å². The normalized spacial score (nSPS) is 10.6. The Kier molecular flexibility index (Phi) is 6.49. The first-order valence-electron chi connectivity index (χ1n) is 8.75. The Hall–Kier alpha value is -3.07. The van der Waals surface area contributed by atoms with E-state index < -0.39 is 0 Å². The van der Waals surface area contributed by atoms with Crippen molar-refractivity contribution in [2.24, 2.45) is 0 Å². The molecule has 2 heterocycles. The van der Waals surface area contributed by atoms with Crippen LogP contribution in [-0.2, 0) is 17.9 Å². The SMILES string of the molecule is CC(=O)N(Cc1ccc(F)cc1)c1ncc(C(=O)NCCCn2ccnc2)s1. The zero-order chi connectivity index (χ0) is 19.9. The fourth-order valence-electron chi connectivity index (χ4n) is 2.55. The standard InChI is InChI=1S/C19H20FN5O2S/c1-14(26)25(12-15-3-5-16(20)6-4-15)19-23-11-17(28-19)18(27)22-7-2-9-24-10-8-21-13-24/h3-6,8,10-11,13H,2,7,9,12H2,1H3,(H,22,27). The first kappa shape index (κ1) is 19.7. The molecule has 0 fully saturated rings. The molecule has 0 aliphatic carbocycles. The molecule has 3 rings (SSSR count). The van der Waals surface area contributed by atoms with Gasteiger partial charge in [-0.15, -0.1) is 0 Å². The van der Waals surface area contributed by atoms with Crippen molar-refractivity contribution in [1.29, 1.82) is 0 Å². The average Bonchev–Trinajstić information content (AvgIpc) is 3.36. The second-order valence-corrected chi connectivity index (χ2v) is 7.16. The highest BCUT2D eigenvalue weighted by molar-refractivity contribution is 7.17. The van der Waals surface area contributed by atoms with E-state index in [1.165, 1.54) is 30.2 Å². The lowest BCUT2D eigenvalue weighted by Gasteiger charge is -2.17. The third-order valence-electron chi connectivity index (χ3n) is 4.02. The van der Waals surface area contributed by atoms with E-state index >= 15 is 0 Å². The zero-order valence-electron chi connectivity index (χ0n) is 15.3. The quantitative estimate of drug-likeness (QED) is 0.589. The van der Waals surface area contributed by atoms with Crippen LogP contribution in [0.2, 0.25) is 0 Å². The Morgan fingerprint density at radius 3 is 2.75 bits per heavy atom. The maximum absolute atomic E-state index is 13.1. The predicted octanol–water partition coefficient (Wildman–Crippen LogP) is 2.85. The van der Waals surface area contributed by atoms with Gasteiger partial charge in [0.25, 0.3) is 5.91 Å². The molecule has 0 unspecified atom stereocenters. The number of nitrogens with zero attached hydrogens (tertiary/aromatic N) is 4. The van der Waals surface area contributed by atoms with Gasteiger partial charge in [0.15, 0.2) is 5.13 Å². The van der Waals surface area contributed by atoms with Crippen LogP contribution in [0, 0.1) is 5.82 Å². The lowest BCUT2D eigenvalue weighted by Crippen LogP contribution is -2.27. The van der Waals surface area contributed by atoms with E-state index in [1.807, 2.05) is 10.8 Å². The van der Waals surface area contributed by atoms with Crippen LogP contribution in [0.15, 0.2) is 49.2 Å². The van der Waals surface area contributed by atoms with Crippen molar-refractivity contribution in [3.63, 3.8) is 0 Å². The predicted molar refractivity (Wildman–Crippen MR) is 105 cm³/mol. The number of imidazole rings is 1. The summed E-state index contributed by atoms with van der Waals surface area (Å²) >= 11 is 1.15. The van der Waals surface area contributed by atoms with Crippen LogP contribution in [0.4, 0.5) is 9.52 Å². The molecule has 0 aliphatic rings. The first-order valence-corrected chi connectivity index (χ1v) is 9.57. The van der Waals surface area contributed by atoms with Gasteiger partial charge in [-0.3, -0.25) is 14.5 Å². The van der Waals surface area contributed by atoms with Gasteiger partial charge in [0.2, 0.25) is 5.91 Å². The van der Waals surface area contributed by atoms with Gasteiger partial charge in [-0.2, -0.15) is 0 Å². The summed E-state index contributed by atoms with van der Waals surface area (Å²) in [5.74, 6) is -0.759. The number of rotatable bonds is 8. The van der Waals surface area contributed by atoms with E-state index in [0.29, 0.717) is 16.6 Å². The summed E-state index contributed by atoms with van der Waals surface area (Å²) in [7, 11) is 0. The van der Waals surface area contributed by atoms with E-state index in [9.17, 15) is 14.0 Å². The molecule has 2 aromatic heterocycles. The van der Waals surface area contributed by atoms with Gasteiger partial charge >= 0.3 is 0 Å². The van der Waals surface area contributed by atoms with Gasteiger partial charge in [0.05, 0.1) is 19.1 Å². The summed E-state index contributed by atoms with van der Waals surface area (Å²) in [5, 5.41) is 3.28. The van der Waals surface area contributed by atoms with Gasteiger partial charge in [-0.25, -0.2) is 14.4 Å². The molecule has 0 radical (unpaired) electrons.